The summed E-state index contributed by atoms with van der Waals surface area (Å²) in [5, 5.41) is 6.12. The zero-order chi connectivity index (χ0) is 13.9. The lowest BCUT2D eigenvalue weighted by atomic mass is 10.00. The third kappa shape index (κ3) is 2.61. The Morgan fingerprint density at radius 2 is 1.80 bits per heavy atom. The van der Waals surface area contributed by atoms with E-state index in [1.807, 2.05) is 19.1 Å². The van der Waals surface area contributed by atoms with Gasteiger partial charge in [0.2, 0.25) is 0 Å². The zero-order valence-electron chi connectivity index (χ0n) is 11.9. The maximum Gasteiger partial charge on any atom is 0.117 e. The van der Waals surface area contributed by atoms with Gasteiger partial charge in [-0.15, -0.1) is 0 Å². The Hall–Kier alpha value is -2.06. The second-order valence-corrected chi connectivity index (χ2v) is 5.18. The molecule has 0 aliphatic carbocycles. The first kappa shape index (κ1) is 12.9. The van der Waals surface area contributed by atoms with Crippen molar-refractivity contribution in [3.8, 4) is 0 Å². The van der Waals surface area contributed by atoms with Crippen LogP contribution in [0, 0.1) is 6.92 Å². The molecule has 1 aromatic heterocycles. The van der Waals surface area contributed by atoms with E-state index in [0.717, 1.165) is 18.1 Å². The van der Waals surface area contributed by atoms with Gasteiger partial charge >= 0.3 is 0 Å². The summed E-state index contributed by atoms with van der Waals surface area (Å²) >= 11 is 0. The van der Waals surface area contributed by atoms with Gasteiger partial charge in [-0.3, -0.25) is 0 Å². The summed E-state index contributed by atoms with van der Waals surface area (Å²) in [5.41, 5.74) is 1.33. The predicted molar refractivity (Wildman–Crippen MR) is 82.6 cm³/mol. The molecule has 1 atom stereocenters. The molecular formula is C18H19NO. The molecule has 2 nitrogen and oxygen atoms in total. The van der Waals surface area contributed by atoms with E-state index in [9.17, 15) is 0 Å². The third-order valence-corrected chi connectivity index (χ3v) is 3.67. The van der Waals surface area contributed by atoms with E-state index in [4.69, 9.17) is 4.42 Å². The average molecular weight is 265 g/mol. The van der Waals surface area contributed by atoms with Crippen LogP contribution in [0.15, 0.2) is 59.0 Å². The Bertz CT molecular complexity index is 709. The van der Waals surface area contributed by atoms with Crippen LogP contribution in [0.4, 0.5) is 0 Å². The van der Waals surface area contributed by atoms with Gasteiger partial charge in [-0.2, -0.15) is 0 Å². The Balaban J connectivity index is 1.80. The fourth-order valence-corrected chi connectivity index (χ4v) is 2.57. The van der Waals surface area contributed by atoms with E-state index in [-0.39, 0.29) is 6.04 Å². The molecule has 0 saturated heterocycles. The predicted octanol–water partition coefficient (Wildman–Crippen LogP) is 4.59. The third-order valence-electron chi connectivity index (χ3n) is 3.67. The highest BCUT2D eigenvalue weighted by Crippen LogP contribution is 2.24. The minimum Gasteiger partial charge on any atom is -0.465 e. The van der Waals surface area contributed by atoms with Crippen molar-refractivity contribution in [2.45, 2.75) is 26.4 Å². The first-order valence-corrected chi connectivity index (χ1v) is 7.00. The Kier molecular flexibility index (Phi) is 3.57. The SMILES string of the molecule is Cc1ccc(CNC(C)c2cccc3ccccc23)o1. The van der Waals surface area contributed by atoms with Gasteiger partial charge in [-0.25, -0.2) is 0 Å². The summed E-state index contributed by atoms with van der Waals surface area (Å²) in [6.07, 6.45) is 0. The van der Waals surface area contributed by atoms with Crippen molar-refractivity contribution < 1.29 is 4.42 Å². The number of hydrogen-bond donors (Lipinski definition) is 1. The normalized spacial score (nSPS) is 12.7. The summed E-state index contributed by atoms with van der Waals surface area (Å²) in [7, 11) is 0. The van der Waals surface area contributed by atoms with E-state index in [0.29, 0.717) is 0 Å². The van der Waals surface area contributed by atoms with Gasteiger partial charge in [0.1, 0.15) is 11.5 Å². The molecule has 3 aromatic rings. The lowest BCUT2D eigenvalue weighted by Gasteiger charge is -2.16. The van der Waals surface area contributed by atoms with Crippen LogP contribution < -0.4 is 5.32 Å². The maximum absolute atomic E-state index is 5.59. The van der Waals surface area contributed by atoms with Crippen molar-refractivity contribution in [1.29, 1.82) is 0 Å². The molecule has 0 saturated carbocycles. The van der Waals surface area contributed by atoms with Crippen molar-refractivity contribution in [2.75, 3.05) is 0 Å². The quantitative estimate of drug-likeness (QED) is 0.746. The van der Waals surface area contributed by atoms with Crippen LogP contribution >= 0.6 is 0 Å². The molecule has 0 aliphatic rings. The number of aryl methyl sites for hydroxylation is 1. The molecule has 20 heavy (non-hydrogen) atoms. The van der Waals surface area contributed by atoms with Crippen molar-refractivity contribution in [3.05, 3.63) is 71.7 Å². The molecule has 2 heteroatoms. The molecule has 0 amide bonds. The monoisotopic (exact) mass is 265 g/mol. The number of rotatable bonds is 4. The molecule has 1 unspecified atom stereocenters. The summed E-state index contributed by atoms with van der Waals surface area (Å²) < 4.78 is 5.59. The lowest BCUT2D eigenvalue weighted by Crippen LogP contribution is -2.18. The van der Waals surface area contributed by atoms with Crippen LogP contribution in [0.5, 0.6) is 0 Å². The minimum absolute atomic E-state index is 0.284. The fourth-order valence-electron chi connectivity index (χ4n) is 2.57. The van der Waals surface area contributed by atoms with Crippen LogP contribution in [0.2, 0.25) is 0 Å². The van der Waals surface area contributed by atoms with E-state index in [2.05, 4.69) is 54.7 Å². The molecule has 0 radical (unpaired) electrons. The largest absolute Gasteiger partial charge is 0.465 e. The summed E-state index contributed by atoms with van der Waals surface area (Å²) in [6.45, 7) is 4.91. The standard InChI is InChI=1S/C18H19NO/c1-13-10-11-16(20-13)12-19-14(2)17-9-5-7-15-6-3-4-8-18(15)17/h3-11,14,19H,12H2,1-2H3. The molecule has 0 fully saturated rings. The Labute approximate surface area is 119 Å². The summed E-state index contributed by atoms with van der Waals surface area (Å²) in [5.74, 6) is 1.94. The lowest BCUT2D eigenvalue weighted by molar-refractivity contribution is 0.445. The first-order valence-electron chi connectivity index (χ1n) is 7.00. The highest BCUT2D eigenvalue weighted by molar-refractivity contribution is 5.86. The van der Waals surface area contributed by atoms with Gasteiger partial charge in [0.25, 0.3) is 0 Å². The number of furan rings is 1. The van der Waals surface area contributed by atoms with Gasteiger partial charge in [-0.05, 0) is 42.3 Å². The van der Waals surface area contributed by atoms with E-state index in [1.165, 1.54) is 16.3 Å². The molecular weight excluding hydrogens is 246 g/mol. The van der Waals surface area contributed by atoms with Gasteiger partial charge in [0.15, 0.2) is 0 Å². The molecule has 1 heterocycles. The van der Waals surface area contributed by atoms with E-state index >= 15 is 0 Å². The van der Waals surface area contributed by atoms with Crippen LogP contribution in [0.1, 0.15) is 30.0 Å². The van der Waals surface area contributed by atoms with Crippen molar-refractivity contribution in [2.24, 2.45) is 0 Å². The molecule has 0 aliphatic heterocycles. The summed E-state index contributed by atoms with van der Waals surface area (Å²) in [6, 6.07) is 19.3. The van der Waals surface area contributed by atoms with E-state index < -0.39 is 0 Å². The minimum atomic E-state index is 0.284. The smallest absolute Gasteiger partial charge is 0.117 e. The van der Waals surface area contributed by atoms with Crippen LogP contribution in [-0.2, 0) is 6.54 Å². The maximum atomic E-state index is 5.59. The van der Waals surface area contributed by atoms with E-state index in [1.54, 1.807) is 0 Å². The molecule has 1 N–H and O–H groups in total. The second kappa shape index (κ2) is 5.51. The van der Waals surface area contributed by atoms with Gasteiger partial charge in [0, 0.05) is 6.04 Å². The van der Waals surface area contributed by atoms with Gasteiger partial charge < -0.3 is 9.73 Å². The molecule has 2 aromatic carbocycles. The number of hydrogen-bond acceptors (Lipinski definition) is 2. The molecule has 0 spiro atoms. The topological polar surface area (TPSA) is 25.2 Å². The second-order valence-electron chi connectivity index (χ2n) is 5.18. The van der Waals surface area contributed by atoms with Crippen molar-refractivity contribution >= 4 is 10.8 Å². The van der Waals surface area contributed by atoms with Gasteiger partial charge in [0.05, 0.1) is 6.54 Å². The highest BCUT2D eigenvalue weighted by atomic mass is 16.3. The Morgan fingerprint density at radius 3 is 2.60 bits per heavy atom. The molecule has 0 bridgehead atoms. The molecule has 102 valence electrons. The number of nitrogens with one attached hydrogen (secondary N) is 1. The summed E-state index contributed by atoms with van der Waals surface area (Å²) in [4.78, 5) is 0. The number of benzene rings is 2. The molecule has 3 rings (SSSR count). The first-order chi connectivity index (χ1) is 9.74. The van der Waals surface area contributed by atoms with Gasteiger partial charge in [-0.1, -0.05) is 42.5 Å². The van der Waals surface area contributed by atoms with Crippen molar-refractivity contribution in [3.63, 3.8) is 0 Å². The Morgan fingerprint density at radius 1 is 1.00 bits per heavy atom. The number of fused-ring (bicyclic) bond motifs is 1. The van der Waals surface area contributed by atoms with Crippen LogP contribution in [0.3, 0.4) is 0 Å². The fraction of sp³-hybridized carbons (Fsp3) is 0.222. The zero-order valence-corrected chi connectivity index (χ0v) is 11.9. The van der Waals surface area contributed by atoms with Crippen LogP contribution in [-0.4, -0.2) is 0 Å². The van der Waals surface area contributed by atoms with Crippen LogP contribution in [0.25, 0.3) is 10.8 Å². The van der Waals surface area contributed by atoms with Crippen molar-refractivity contribution in [1.82, 2.24) is 5.32 Å². The highest BCUT2D eigenvalue weighted by Gasteiger charge is 2.09. The average Bonchev–Trinajstić information content (AvgIpc) is 2.90.